The molecule has 6 nitrogen and oxygen atoms in total. The number of aryl methyl sites for hydroxylation is 1. The van der Waals surface area contributed by atoms with Crippen LogP contribution in [0.1, 0.15) is 32.6 Å². The third-order valence-corrected chi connectivity index (χ3v) is 4.86. The van der Waals surface area contributed by atoms with E-state index >= 15 is 0 Å². The Labute approximate surface area is 160 Å². The van der Waals surface area contributed by atoms with Gasteiger partial charge in [0.15, 0.2) is 0 Å². The first-order chi connectivity index (χ1) is 13.0. The number of rotatable bonds is 4. The van der Waals surface area contributed by atoms with Crippen LogP contribution in [0.25, 0.3) is 0 Å². The summed E-state index contributed by atoms with van der Waals surface area (Å²) in [5.74, 6) is -0.0983. The number of amides is 3. The van der Waals surface area contributed by atoms with Crippen LogP contribution in [-0.2, 0) is 19.4 Å². The second-order valence-electron chi connectivity index (χ2n) is 7.16. The summed E-state index contributed by atoms with van der Waals surface area (Å²) in [6, 6.07) is 8.31. The lowest BCUT2D eigenvalue weighted by atomic mass is 9.97. The van der Waals surface area contributed by atoms with Crippen LogP contribution in [0.3, 0.4) is 0 Å². The van der Waals surface area contributed by atoms with Crippen LogP contribution in [-0.4, -0.2) is 53.9 Å². The number of benzene rings is 1. The van der Waals surface area contributed by atoms with Crippen LogP contribution in [0, 0.1) is 6.92 Å². The van der Waals surface area contributed by atoms with Gasteiger partial charge in [-0.3, -0.25) is 9.78 Å². The molecule has 0 saturated heterocycles. The summed E-state index contributed by atoms with van der Waals surface area (Å²) in [7, 11) is 3.49. The number of nitrogens with one attached hydrogen (secondary N) is 1. The molecule has 0 spiro atoms. The molecule has 2 aromatic rings. The van der Waals surface area contributed by atoms with Gasteiger partial charge in [-0.1, -0.05) is 29.8 Å². The minimum Gasteiger partial charge on any atom is -0.352 e. The van der Waals surface area contributed by atoms with E-state index in [0.29, 0.717) is 31.6 Å². The molecule has 0 fully saturated rings. The van der Waals surface area contributed by atoms with Crippen molar-refractivity contribution >= 4 is 11.9 Å². The zero-order valence-electron chi connectivity index (χ0n) is 16.2. The van der Waals surface area contributed by atoms with E-state index < -0.39 is 0 Å². The molecule has 142 valence electrons. The highest BCUT2D eigenvalue weighted by Crippen LogP contribution is 2.22. The standard InChI is InChI=1S/C21H26N4O2/c1-15-4-6-16(7-5-15)8-10-23-20(26)19-13-22-12-17-14-25(11-9-18(17)19)21(27)24(2)3/h4-7,12-13H,8-11,14H2,1-3H3,(H,23,26). The molecule has 0 atom stereocenters. The van der Waals surface area contributed by atoms with Gasteiger partial charge < -0.3 is 15.1 Å². The maximum Gasteiger partial charge on any atom is 0.319 e. The van der Waals surface area contributed by atoms with E-state index in [1.807, 2.05) is 0 Å². The van der Waals surface area contributed by atoms with Gasteiger partial charge in [-0.2, -0.15) is 0 Å². The van der Waals surface area contributed by atoms with Crippen LogP contribution in [0.5, 0.6) is 0 Å². The van der Waals surface area contributed by atoms with Gasteiger partial charge in [-0.25, -0.2) is 4.79 Å². The number of pyridine rings is 1. The number of carbonyl (C=O) groups excluding carboxylic acids is 2. The third-order valence-electron chi connectivity index (χ3n) is 4.86. The molecule has 27 heavy (non-hydrogen) atoms. The summed E-state index contributed by atoms with van der Waals surface area (Å²) in [4.78, 5) is 32.4. The Morgan fingerprint density at radius 2 is 1.93 bits per heavy atom. The molecule has 6 heteroatoms. The number of aromatic nitrogens is 1. The van der Waals surface area contributed by atoms with E-state index in [1.165, 1.54) is 11.1 Å². The Morgan fingerprint density at radius 3 is 2.63 bits per heavy atom. The van der Waals surface area contributed by atoms with E-state index in [9.17, 15) is 9.59 Å². The number of fused-ring (bicyclic) bond motifs is 1. The summed E-state index contributed by atoms with van der Waals surface area (Å²) in [5.41, 5.74) is 5.00. The van der Waals surface area contributed by atoms with E-state index in [2.05, 4.69) is 41.5 Å². The van der Waals surface area contributed by atoms with E-state index in [1.54, 1.807) is 36.3 Å². The monoisotopic (exact) mass is 366 g/mol. The van der Waals surface area contributed by atoms with E-state index in [0.717, 1.165) is 17.5 Å². The summed E-state index contributed by atoms with van der Waals surface area (Å²) >= 11 is 0. The third kappa shape index (κ3) is 4.45. The van der Waals surface area contributed by atoms with Crippen molar-refractivity contribution < 1.29 is 9.59 Å². The Bertz CT molecular complexity index is 831. The van der Waals surface area contributed by atoms with Crippen LogP contribution in [0.4, 0.5) is 4.79 Å². The highest BCUT2D eigenvalue weighted by atomic mass is 16.2. The second kappa shape index (κ2) is 8.20. The quantitative estimate of drug-likeness (QED) is 0.904. The van der Waals surface area contributed by atoms with Gasteiger partial charge in [-0.15, -0.1) is 0 Å². The Morgan fingerprint density at radius 1 is 1.19 bits per heavy atom. The van der Waals surface area contributed by atoms with Gasteiger partial charge in [0.1, 0.15) is 0 Å². The predicted molar refractivity (Wildman–Crippen MR) is 105 cm³/mol. The van der Waals surface area contributed by atoms with Crippen molar-refractivity contribution in [2.24, 2.45) is 0 Å². The van der Waals surface area contributed by atoms with Crippen molar-refractivity contribution in [1.82, 2.24) is 20.1 Å². The first-order valence-electron chi connectivity index (χ1n) is 9.21. The van der Waals surface area contributed by atoms with Gasteiger partial charge in [0.2, 0.25) is 0 Å². The van der Waals surface area contributed by atoms with Crippen LogP contribution in [0.2, 0.25) is 0 Å². The number of urea groups is 1. The van der Waals surface area contributed by atoms with Crippen molar-refractivity contribution in [3.63, 3.8) is 0 Å². The first-order valence-corrected chi connectivity index (χ1v) is 9.21. The van der Waals surface area contributed by atoms with E-state index in [4.69, 9.17) is 0 Å². The topological polar surface area (TPSA) is 65.5 Å². The van der Waals surface area contributed by atoms with Crippen molar-refractivity contribution in [3.8, 4) is 0 Å². The van der Waals surface area contributed by atoms with Crippen LogP contribution < -0.4 is 5.32 Å². The van der Waals surface area contributed by atoms with Crippen molar-refractivity contribution in [1.29, 1.82) is 0 Å². The Kier molecular flexibility index (Phi) is 5.74. The average molecular weight is 366 g/mol. The zero-order valence-corrected chi connectivity index (χ0v) is 16.2. The molecular weight excluding hydrogens is 340 g/mol. The molecule has 0 unspecified atom stereocenters. The molecule has 1 aliphatic rings. The zero-order chi connectivity index (χ0) is 19.4. The lowest BCUT2D eigenvalue weighted by Gasteiger charge is -2.31. The van der Waals surface area contributed by atoms with Crippen molar-refractivity contribution in [3.05, 3.63) is 64.5 Å². The number of hydrogen-bond acceptors (Lipinski definition) is 3. The molecule has 0 radical (unpaired) electrons. The van der Waals surface area contributed by atoms with Gasteiger partial charge in [0, 0.05) is 46.1 Å². The Balaban J connectivity index is 1.64. The summed E-state index contributed by atoms with van der Waals surface area (Å²) in [6.45, 7) is 3.74. The van der Waals surface area contributed by atoms with Gasteiger partial charge >= 0.3 is 6.03 Å². The Hall–Kier alpha value is -2.89. The fourth-order valence-corrected chi connectivity index (χ4v) is 3.31. The van der Waals surface area contributed by atoms with Gasteiger partial charge in [-0.05, 0) is 36.5 Å². The molecule has 1 aromatic heterocycles. The fourth-order valence-electron chi connectivity index (χ4n) is 3.31. The highest BCUT2D eigenvalue weighted by molar-refractivity contribution is 5.95. The number of carbonyl (C=O) groups is 2. The number of nitrogens with zero attached hydrogens (tertiary/aromatic N) is 3. The molecular formula is C21H26N4O2. The average Bonchev–Trinajstić information content (AvgIpc) is 2.67. The molecule has 1 N–H and O–H groups in total. The van der Waals surface area contributed by atoms with Crippen LogP contribution in [0.15, 0.2) is 36.7 Å². The summed E-state index contributed by atoms with van der Waals surface area (Å²) in [6.07, 6.45) is 4.84. The lowest BCUT2D eigenvalue weighted by Crippen LogP contribution is -2.42. The lowest BCUT2D eigenvalue weighted by molar-refractivity contribution is 0.0952. The SMILES string of the molecule is Cc1ccc(CCNC(=O)c2cncc3c2CCN(C(=O)N(C)C)C3)cc1. The molecule has 1 aromatic carbocycles. The maximum atomic E-state index is 12.6. The minimum atomic E-state index is -0.0983. The normalized spacial score (nSPS) is 13.1. The van der Waals surface area contributed by atoms with Gasteiger partial charge in [0.25, 0.3) is 5.91 Å². The molecule has 0 saturated carbocycles. The summed E-state index contributed by atoms with van der Waals surface area (Å²) < 4.78 is 0. The molecule has 0 aliphatic carbocycles. The predicted octanol–water partition coefficient (Wildman–Crippen LogP) is 2.40. The van der Waals surface area contributed by atoms with Gasteiger partial charge in [0.05, 0.1) is 5.56 Å². The maximum absolute atomic E-state index is 12.6. The smallest absolute Gasteiger partial charge is 0.319 e. The number of hydrogen-bond donors (Lipinski definition) is 1. The molecule has 1 aliphatic heterocycles. The fraction of sp³-hybridized carbons (Fsp3) is 0.381. The molecule has 3 amide bonds. The van der Waals surface area contributed by atoms with Crippen molar-refractivity contribution in [2.75, 3.05) is 27.2 Å². The first kappa shape index (κ1) is 18.9. The minimum absolute atomic E-state index is 0.0198. The largest absolute Gasteiger partial charge is 0.352 e. The summed E-state index contributed by atoms with van der Waals surface area (Å²) in [5, 5.41) is 3.00. The highest BCUT2D eigenvalue weighted by Gasteiger charge is 2.25. The van der Waals surface area contributed by atoms with E-state index in [-0.39, 0.29) is 11.9 Å². The second-order valence-corrected chi connectivity index (χ2v) is 7.16. The molecule has 2 heterocycles. The molecule has 0 bridgehead atoms. The molecule has 3 rings (SSSR count). The van der Waals surface area contributed by atoms with Crippen LogP contribution >= 0.6 is 0 Å². The van der Waals surface area contributed by atoms with Crippen molar-refractivity contribution in [2.45, 2.75) is 26.3 Å².